The van der Waals surface area contributed by atoms with E-state index in [0.717, 1.165) is 6.42 Å². The molecule has 0 aliphatic heterocycles. The van der Waals surface area contributed by atoms with Crippen LogP contribution in [0.3, 0.4) is 0 Å². The van der Waals surface area contributed by atoms with Crippen LogP contribution < -0.4 is 10.6 Å². The zero-order valence-corrected chi connectivity index (χ0v) is 8.88. The van der Waals surface area contributed by atoms with Gasteiger partial charge < -0.3 is 10.6 Å². The van der Waals surface area contributed by atoms with E-state index in [0.29, 0.717) is 5.69 Å². The summed E-state index contributed by atoms with van der Waals surface area (Å²) >= 11 is 0. The molecule has 0 unspecified atom stereocenters. The molecule has 0 aliphatic carbocycles. The van der Waals surface area contributed by atoms with Gasteiger partial charge >= 0.3 is 6.03 Å². The summed E-state index contributed by atoms with van der Waals surface area (Å²) in [6, 6.07) is 5.51. The Morgan fingerprint density at radius 2 is 2.00 bits per heavy atom. The molecule has 0 aromatic heterocycles. The summed E-state index contributed by atoms with van der Waals surface area (Å²) in [4.78, 5) is 11.4. The molecule has 2 amide bonds. The van der Waals surface area contributed by atoms with Crippen molar-refractivity contribution in [2.45, 2.75) is 26.3 Å². The topological polar surface area (TPSA) is 41.1 Å². The van der Waals surface area contributed by atoms with Gasteiger partial charge in [0, 0.05) is 11.7 Å². The van der Waals surface area contributed by atoms with Gasteiger partial charge in [0.1, 0.15) is 5.82 Å². The Morgan fingerprint density at radius 1 is 1.40 bits per heavy atom. The lowest BCUT2D eigenvalue weighted by Crippen LogP contribution is -2.35. The lowest BCUT2D eigenvalue weighted by atomic mass is 10.3. The Balaban J connectivity index is 2.48. The third kappa shape index (κ3) is 3.97. The fourth-order valence-electron chi connectivity index (χ4n) is 1.03. The summed E-state index contributed by atoms with van der Waals surface area (Å²) in [5, 5.41) is 5.37. The third-order valence-corrected chi connectivity index (χ3v) is 2.09. The summed E-state index contributed by atoms with van der Waals surface area (Å²) in [6.07, 6.45) is 0.872. The lowest BCUT2D eigenvalue weighted by Gasteiger charge is -2.12. The first-order chi connectivity index (χ1) is 7.11. The van der Waals surface area contributed by atoms with Crippen molar-refractivity contribution in [2.75, 3.05) is 5.32 Å². The highest BCUT2D eigenvalue weighted by molar-refractivity contribution is 5.89. The van der Waals surface area contributed by atoms with Gasteiger partial charge in [-0.2, -0.15) is 0 Å². The number of halogens is 1. The molecule has 3 nitrogen and oxygen atoms in total. The van der Waals surface area contributed by atoms with Crippen molar-refractivity contribution < 1.29 is 9.18 Å². The summed E-state index contributed by atoms with van der Waals surface area (Å²) in [7, 11) is 0. The van der Waals surface area contributed by atoms with Gasteiger partial charge in [-0.1, -0.05) is 6.92 Å². The van der Waals surface area contributed by atoms with Crippen molar-refractivity contribution in [3.05, 3.63) is 30.1 Å². The van der Waals surface area contributed by atoms with Gasteiger partial charge in [0.25, 0.3) is 0 Å². The highest BCUT2D eigenvalue weighted by Gasteiger charge is 2.04. The van der Waals surface area contributed by atoms with Gasteiger partial charge in [-0.25, -0.2) is 9.18 Å². The van der Waals surface area contributed by atoms with Gasteiger partial charge in [0.2, 0.25) is 0 Å². The molecule has 0 saturated heterocycles. The monoisotopic (exact) mass is 210 g/mol. The van der Waals surface area contributed by atoms with Crippen molar-refractivity contribution >= 4 is 11.7 Å². The van der Waals surface area contributed by atoms with Crippen LogP contribution in [-0.4, -0.2) is 12.1 Å². The highest BCUT2D eigenvalue weighted by atomic mass is 19.1. The molecule has 1 aromatic rings. The van der Waals surface area contributed by atoms with Crippen LogP contribution >= 0.6 is 0 Å². The molecule has 2 N–H and O–H groups in total. The van der Waals surface area contributed by atoms with Crippen molar-refractivity contribution in [1.29, 1.82) is 0 Å². The van der Waals surface area contributed by atoms with Crippen molar-refractivity contribution in [3.8, 4) is 0 Å². The van der Waals surface area contributed by atoms with E-state index in [1.54, 1.807) is 0 Å². The van der Waals surface area contributed by atoms with Crippen LogP contribution in [0.15, 0.2) is 24.3 Å². The molecular formula is C11H15FN2O. The number of nitrogens with one attached hydrogen (secondary N) is 2. The van der Waals surface area contributed by atoms with Crippen LogP contribution in [0.25, 0.3) is 0 Å². The van der Waals surface area contributed by atoms with Crippen LogP contribution in [-0.2, 0) is 0 Å². The normalized spacial score (nSPS) is 11.9. The van der Waals surface area contributed by atoms with Gasteiger partial charge in [-0.15, -0.1) is 0 Å². The van der Waals surface area contributed by atoms with Crippen LogP contribution in [0.2, 0.25) is 0 Å². The molecule has 1 aromatic carbocycles. The Hall–Kier alpha value is -1.58. The third-order valence-electron chi connectivity index (χ3n) is 2.09. The zero-order valence-electron chi connectivity index (χ0n) is 8.88. The Kier molecular flexibility index (Phi) is 4.09. The fraction of sp³-hybridized carbons (Fsp3) is 0.364. The largest absolute Gasteiger partial charge is 0.335 e. The van der Waals surface area contributed by atoms with E-state index in [1.807, 2.05) is 13.8 Å². The Morgan fingerprint density at radius 3 is 2.53 bits per heavy atom. The maximum Gasteiger partial charge on any atom is 0.319 e. The predicted octanol–water partition coefficient (Wildman–Crippen LogP) is 2.75. The molecule has 1 atom stereocenters. The van der Waals surface area contributed by atoms with E-state index < -0.39 is 0 Å². The Bertz CT molecular complexity index is 324. The number of carbonyl (C=O) groups is 1. The molecule has 0 fully saturated rings. The van der Waals surface area contributed by atoms with E-state index >= 15 is 0 Å². The van der Waals surface area contributed by atoms with Crippen LogP contribution in [0.5, 0.6) is 0 Å². The highest BCUT2D eigenvalue weighted by Crippen LogP contribution is 2.07. The summed E-state index contributed by atoms with van der Waals surface area (Å²) in [5.74, 6) is -0.317. The number of hydrogen-bond donors (Lipinski definition) is 2. The second kappa shape index (κ2) is 5.34. The zero-order chi connectivity index (χ0) is 11.3. The number of amides is 2. The molecule has 1 rings (SSSR count). The average molecular weight is 210 g/mol. The van der Waals surface area contributed by atoms with Gasteiger partial charge in [0.15, 0.2) is 0 Å². The van der Waals surface area contributed by atoms with Crippen LogP contribution in [0.4, 0.5) is 14.9 Å². The van der Waals surface area contributed by atoms with Gasteiger partial charge in [-0.3, -0.25) is 0 Å². The molecule has 4 heteroatoms. The van der Waals surface area contributed by atoms with Gasteiger partial charge in [-0.05, 0) is 37.6 Å². The van der Waals surface area contributed by atoms with Crippen molar-refractivity contribution in [2.24, 2.45) is 0 Å². The molecular weight excluding hydrogens is 195 g/mol. The molecule has 15 heavy (non-hydrogen) atoms. The first kappa shape index (κ1) is 11.5. The maximum absolute atomic E-state index is 12.6. The molecule has 0 saturated carbocycles. The van der Waals surface area contributed by atoms with E-state index in [4.69, 9.17) is 0 Å². The maximum atomic E-state index is 12.6. The average Bonchev–Trinajstić information content (AvgIpc) is 2.21. The number of benzene rings is 1. The van der Waals surface area contributed by atoms with E-state index in [2.05, 4.69) is 10.6 Å². The first-order valence-electron chi connectivity index (χ1n) is 4.95. The smallest absolute Gasteiger partial charge is 0.319 e. The molecule has 0 aliphatic rings. The number of hydrogen-bond acceptors (Lipinski definition) is 1. The molecule has 0 radical (unpaired) electrons. The minimum atomic E-state index is -0.317. The SMILES string of the molecule is CC[C@@H](C)NC(=O)Nc1ccc(F)cc1. The lowest BCUT2D eigenvalue weighted by molar-refractivity contribution is 0.249. The quantitative estimate of drug-likeness (QED) is 0.791. The summed E-state index contributed by atoms with van der Waals surface area (Å²) < 4.78 is 12.6. The molecule has 0 heterocycles. The summed E-state index contributed by atoms with van der Waals surface area (Å²) in [6.45, 7) is 3.91. The Labute approximate surface area is 88.7 Å². The minimum absolute atomic E-state index is 0.130. The first-order valence-corrected chi connectivity index (χ1v) is 4.95. The standard InChI is InChI=1S/C11H15FN2O/c1-3-8(2)13-11(15)14-10-6-4-9(12)5-7-10/h4-8H,3H2,1-2H3,(H2,13,14,15)/t8-/m1/s1. The minimum Gasteiger partial charge on any atom is -0.335 e. The number of anilines is 1. The van der Waals surface area contributed by atoms with E-state index in [-0.39, 0.29) is 17.9 Å². The van der Waals surface area contributed by atoms with E-state index in [9.17, 15) is 9.18 Å². The van der Waals surface area contributed by atoms with E-state index in [1.165, 1.54) is 24.3 Å². The van der Waals surface area contributed by atoms with Crippen molar-refractivity contribution in [3.63, 3.8) is 0 Å². The second-order valence-electron chi connectivity index (χ2n) is 3.41. The number of carbonyl (C=O) groups excluding carboxylic acids is 1. The second-order valence-corrected chi connectivity index (χ2v) is 3.41. The molecule has 0 spiro atoms. The van der Waals surface area contributed by atoms with Crippen LogP contribution in [0, 0.1) is 5.82 Å². The molecule has 82 valence electrons. The fourth-order valence-corrected chi connectivity index (χ4v) is 1.03. The summed E-state index contributed by atoms with van der Waals surface area (Å²) in [5.41, 5.74) is 0.581. The number of rotatable bonds is 3. The van der Waals surface area contributed by atoms with Crippen molar-refractivity contribution in [1.82, 2.24) is 5.32 Å². The number of urea groups is 1. The van der Waals surface area contributed by atoms with Crippen LogP contribution in [0.1, 0.15) is 20.3 Å². The molecule has 0 bridgehead atoms. The predicted molar refractivity (Wildman–Crippen MR) is 58.3 cm³/mol. The van der Waals surface area contributed by atoms with Gasteiger partial charge in [0.05, 0.1) is 0 Å².